The molecule has 0 atom stereocenters. The van der Waals surface area contributed by atoms with Crippen LogP contribution < -0.4 is 9.47 Å². The van der Waals surface area contributed by atoms with Crippen molar-refractivity contribution in [2.24, 2.45) is 0 Å². The van der Waals surface area contributed by atoms with Gasteiger partial charge < -0.3 is 24.3 Å². The van der Waals surface area contributed by atoms with Crippen molar-refractivity contribution in [3.05, 3.63) is 59.0 Å². The Balaban J connectivity index is 1.45. The molecule has 2 aliphatic heterocycles. The third-order valence-corrected chi connectivity index (χ3v) is 7.05. The van der Waals surface area contributed by atoms with Crippen molar-refractivity contribution in [3.63, 3.8) is 0 Å². The monoisotopic (exact) mass is 477 g/mol. The molecule has 1 fully saturated rings. The number of phenolic OH excluding ortho intramolecular Hbond substituents is 1. The molecule has 0 bridgehead atoms. The van der Waals surface area contributed by atoms with Crippen molar-refractivity contribution in [1.82, 2.24) is 14.4 Å². The number of Topliss-reactive ketones (excluding diaryl/α,β-unsaturated/α-hetero) is 1. The highest BCUT2D eigenvalue weighted by Crippen LogP contribution is 2.39. The fourth-order valence-corrected chi connectivity index (χ4v) is 5.05. The van der Waals surface area contributed by atoms with Gasteiger partial charge in [-0.1, -0.05) is 6.07 Å². The molecule has 0 saturated carbocycles. The lowest BCUT2D eigenvalue weighted by Gasteiger charge is -2.34. The summed E-state index contributed by atoms with van der Waals surface area (Å²) < 4.78 is 13.6. The molecule has 2 aromatic carbocycles. The van der Waals surface area contributed by atoms with E-state index in [-0.39, 0.29) is 29.5 Å². The number of phenols is 1. The number of aromatic hydroxyl groups is 1. The maximum Gasteiger partial charge on any atom is 0.235 e. The lowest BCUT2D eigenvalue weighted by molar-refractivity contribution is 0.101. The predicted octanol–water partition coefficient (Wildman–Crippen LogP) is 2.89. The first-order valence-corrected chi connectivity index (χ1v) is 12.0. The Bertz CT molecular complexity index is 1290. The summed E-state index contributed by atoms with van der Waals surface area (Å²) >= 11 is 0. The molecule has 0 spiro atoms. The van der Waals surface area contributed by atoms with Crippen LogP contribution >= 0.6 is 0 Å². The fraction of sp³-hybridized carbons (Fsp3) is 0.370. The zero-order valence-electron chi connectivity index (χ0n) is 20.2. The molecule has 184 valence electrons. The number of methoxy groups -OCH3 is 1. The second-order valence-corrected chi connectivity index (χ2v) is 9.03. The number of aliphatic hydroxyl groups is 1. The van der Waals surface area contributed by atoms with Crippen molar-refractivity contribution < 1.29 is 24.5 Å². The molecule has 5 rings (SSSR count). The number of β-amino-alcohol motifs (C(OH)–C–C–N with tert-alkyl or cyclic N) is 1. The second kappa shape index (κ2) is 9.73. The molecular weight excluding hydrogens is 446 g/mol. The van der Waals surface area contributed by atoms with Crippen LogP contribution in [0.1, 0.15) is 21.6 Å². The van der Waals surface area contributed by atoms with Crippen LogP contribution in [0.15, 0.2) is 42.2 Å². The van der Waals surface area contributed by atoms with E-state index < -0.39 is 0 Å². The van der Waals surface area contributed by atoms with E-state index in [0.29, 0.717) is 5.75 Å². The number of ether oxygens (including phenoxy) is 2. The number of carbonyl (C=O) groups is 1. The quantitative estimate of drug-likeness (QED) is 0.506. The first-order chi connectivity index (χ1) is 17.0. The van der Waals surface area contributed by atoms with Gasteiger partial charge in [-0.25, -0.2) is 0 Å². The average molecular weight is 478 g/mol. The van der Waals surface area contributed by atoms with Gasteiger partial charge in [0.1, 0.15) is 22.8 Å². The Morgan fingerprint density at radius 3 is 2.49 bits per heavy atom. The number of allylic oxidation sites excluding steroid dienone is 1. The number of aliphatic hydroxyl groups excluding tert-OH is 1. The topological polar surface area (TPSA) is 87.4 Å². The van der Waals surface area contributed by atoms with Crippen molar-refractivity contribution in [2.45, 2.75) is 13.5 Å². The summed E-state index contributed by atoms with van der Waals surface area (Å²) in [7, 11) is 1.64. The van der Waals surface area contributed by atoms with E-state index in [2.05, 4.69) is 27.4 Å². The number of carbonyl (C=O) groups excluding carboxylic acids is 1. The smallest absolute Gasteiger partial charge is 0.235 e. The van der Waals surface area contributed by atoms with E-state index in [1.54, 1.807) is 25.3 Å². The third-order valence-electron chi connectivity index (χ3n) is 7.05. The second-order valence-electron chi connectivity index (χ2n) is 9.03. The normalized spacial score (nSPS) is 17.8. The van der Waals surface area contributed by atoms with Crippen LogP contribution in [-0.2, 0) is 6.54 Å². The number of piperazine rings is 1. The van der Waals surface area contributed by atoms with Gasteiger partial charge in [-0.05, 0) is 43.3 Å². The average Bonchev–Trinajstić information content (AvgIpc) is 3.32. The summed E-state index contributed by atoms with van der Waals surface area (Å²) in [6.45, 7) is 8.61. The van der Waals surface area contributed by atoms with Crippen LogP contribution in [-0.4, -0.2) is 83.3 Å². The first kappa shape index (κ1) is 23.4. The van der Waals surface area contributed by atoms with Gasteiger partial charge in [0.25, 0.3) is 0 Å². The molecule has 8 heteroatoms. The van der Waals surface area contributed by atoms with E-state index in [0.717, 1.165) is 73.7 Å². The van der Waals surface area contributed by atoms with Gasteiger partial charge in [0.15, 0.2) is 5.76 Å². The molecule has 35 heavy (non-hydrogen) atoms. The summed E-state index contributed by atoms with van der Waals surface area (Å²) in [5, 5.41) is 20.3. The summed E-state index contributed by atoms with van der Waals surface area (Å²) in [5.41, 5.74) is 3.22. The Labute approximate surface area is 204 Å². The van der Waals surface area contributed by atoms with Crippen molar-refractivity contribution >= 4 is 22.8 Å². The van der Waals surface area contributed by atoms with Gasteiger partial charge in [-0.2, -0.15) is 0 Å². The molecule has 3 aromatic rings. The SMILES string of the molecule is COc1ccc2c(c1)c(/C=C1\Oc3cccc(O)c3C1=O)c(C)n2CCN1CCN(CCO)CC1. The zero-order valence-corrected chi connectivity index (χ0v) is 20.2. The van der Waals surface area contributed by atoms with Gasteiger partial charge in [-0.3, -0.25) is 14.6 Å². The van der Waals surface area contributed by atoms with Crippen LogP contribution in [0.5, 0.6) is 17.2 Å². The van der Waals surface area contributed by atoms with Crippen LogP contribution in [0.4, 0.5) is 0 Å². The first-order valence-electron chi connectivity index (χ1n) is 12.0. The number of hydrogen-bond donors (Lipinski definition) is 2. The Morgan fingerprint density at radius 2 is 1.80 bits per heavy atom. The molecule has 8 nitrogen and oxygen atoms in total. The molecule has 2 N–H and O–H groups in total. The molecule has 0 unspecified atom stereocenters. The molecule has 2 aliphatic rings. The maximum atomic E-state index is 13.0. The Kier molecular flexibility index (Phi) is 6.51. The highest BCUT2D eigenvalue weighted by atomic mass is 16.5. The van der Waals surface area contributed by atoms with E-state index in [1.807, 2.05) is 12.1 Å². The number of hydrogen-bond acceptors (Lipinski definition) is 7. The summed E-state index contributed by atoms with van der Waals surface area (Å²) in [4.78, 5) is 17.7. The van der Waals surface area contributed by atoms with Crippen molar-refractivity contribution in [3.8, 4) is 17.2 Å². The molecule has 1 saturated heterocycles. The molecular formula is C27H31N3O5. The zero-order chi connectivity index (χ0) is 24.5. The summed E-state index contributed by atoms with van der Waals surface area (Å²) in [6, 6.07) is 10.8. The van der Waals surface area contributed by atoms with Gasteiger partial charge in [0.05, 0.1) is 13.7 Å². The van der Waals surface area contributed by atoms with E-state index in [1.165, 1.54) is 6.07 Å². The minimum absolute atomic E-state index is 0.0733. The van der Waals surface area contributed by atoms with E-state index >= 15 is 0 Å². The Hall–Kier alpha value is -3.33. The number of rotatable bonds is 7. The third kappa shape index (κ3) is 4.40. The van der Waals surface area contributed by atoms with Crippen LogP contribution in [0.25, 0.3) is 17.0 Å². The van der Waals surface area contributed by atoms with Crippen LogP contribution in [0.2, 0.25) is 0 Å². The molecule has 3 heterocycles. The van der Waals surface area contributed by atoms with Crippen molar-refractivity contribution in [1.29, 1.82) is 0 Å². The van der Waals surface area contributed by atoms with E-state index in [4.69, 9.17) is 9.47 Å². The van der Waals surface area contributed by atoms with Crippen LogP contribution in [0.3, 0.4) is 0 Å². The van der Waals surface area contributed by atoms with Gasteiger partial charge in [0, 0.05) is 68.0 Å². The molecule has 0 radical (unpaired) electrons. The van der Waals surface area contributed by atoms with Crippen molar-refractivity contribution in [2.75, 3.05) is 53.0 Å². The summed E-state index contributed by atoms with van der Waals surface area (Å²) in [6.07, 6.45) is 1.78. The highest BCUT2D eigenvalue weighted by molar-refractivity contribution is 6.16. The minimum atomic E-state index is -0.318. The van der Waals surface area contributed by atoms with Gasteiger partial charge in [-0.15, -0.1) is 0 Å². The minimum Gasteiger partial charge on any atom is -0.507 e. The largest absolute Gasteiger partial charge is 0.507 e. The van der Waals surface area contributed by atoms with Gasteiger partial charge >= 0.3 is 0 Å². The molecule has 0 amide bonds. The maximum absolute atomic E-state index is 13.0. The number of nitrogens with zero attached hydrogens (tertiary/aromatic N) is 3. The number of aromatic nitrogens is 1. The standard InChI is InChI=1S/C27H31N3O5/c1-18-20(17-25-27(33)26-23(32)4-3-5-24(26)35-25)21-16-19(34-2)6-7-22(21)30(18)13-12-28-8-10-29(11-9-28)14-15-31/h3-7,16-17,31-32H,8-15H2,1-2H3/b25-17-. The van der Waals surface area contributed by atoms with Gasteiger partial charge in [0.2, 0.25) is 5.78 Å². The number of fused-ring (bicyclic) bond motifs is 2. The van der Waals surface area contributed by atoms with E-state index in [9.17, 15) is 15.0 Å². The summed E-state index contributed by atoms with van der Waals surface area (Å²) in [5.74, 6) is 0.929. The van der Waals surface area contributed by atoms with Crippen LogP contribution in [0, 0.1) is 6.92 Å². The highest BCUT2D eigenvalue weighted by Gasteiger charge is 2.31. The Morgan fingerprint density at radius 1 is 1.06 bits per heavy atom. The lowest BCUT2D eigenvalue weighted by atomic mass is 10.1. The molecule has 0 aliphatic carbocycles. The lowest BCUT2D eigenvalue weighted by Crippen LogP contribution is -2.47. The predicted molar refractivity (Wildman–Crippen MR) is 134 cm³/mol. The molecule has 1 aromatic heterocycles. The number of ketones is 1. The number of benzene rings is 2. The fourth-order valence-electron chi connectivity index (χ4n) is 5.05.